The molecule has 0 radical (unpaired) electrons. The number of rotatable bonds is 1. The average molecular weight is 263 g/mol. The Labute approximate surface area is 113 Å². The first-order chi connectivity index (χ1) is 9.43. The number of benzene rings is 2. The third-order valence-corrected chi connectivity index (χ3v) is 3.93. The van der Waals surface area contributed by atoms with E-state index in [1.165, 1.54) is 16.9 Å². The molecule has 0 aliphatic rings. The Bertz CT molecular complexity index is 877. The van der Waals surface area contributed by atoms with Crippen molar-refractivity contribution in [1.82, 2.24) is 14.6 Å². The molecule has 0 aliphatic carbocycles. The van der Waals surface area contributed by atoms with Gasteiger partial charge in [-0.05, 0) is 23.0 Å². The molecule has 2 heterocycles. The first kappa shape index (κ1) is 10.6. The Morgan fingerprint density at radius 3 is 2.79 bits per heavy atom. The Morgan fingerprint density at radius 1 is 0.842 bits per heavy atom. The van der Waals surface area contributed by atoms with Crippen LogP contribution in [0.25, 0.3) is 32.1 Å². The van der Waals surface area contributed by atoms with Crippen LogP contribution in [0.2, 0.25) is 0 Å². The zero-order valence-corrected chi connectivity index (χ0v) is 10.8. The summed E-state index contributed by atoms with van der Waals surface area (Å²) in [6.07, 6.45) is 3.79. The van der Waals surface area contributed by atoms with Gasteiger partial charge in [0.2, 0.25) is 0 Å². The van der Waals surface area contributed by atoms with E-state index in [0.717, 1.165) is 26.7 Å². The normalized spacial score (nSPS) is 11.2. The molecular weight excluding hydrogens is 254 g/mol. The summed E-state index contributed by atoms with van der Waals surface area (Å²) in [7, 11) is 0. The molecule has 0 unspecified atom stereocenters. The fourth-order valence-corrected chi connectivity index (χ4v) is 2.94. The molecule has 0 saturated heterocycles. The number of hydrogen-bond donors (Lipinski definition) is 0. The molecule has 0 saturated carbocycles. The molecule has 0 amide bonds. The molecule has 2 aromatic carbocycles. The predicted molar refractivity (Wildman–Crippen MR) is 78.2 cm³/mol. The van der Waals surface area contributed by atoms with E-state index in [2.05, 4.69) is 32.8 Å². The molecule has 0 bridgehead atoms. The van der Waals surface area contributed by atoms with Gasteiger partial charge < -0.3 is 0 Å². The van der Waals surface area contributed by atoms with E-state index in [9.17, 15) is 0 Å². The van der Waals surface area contributed by atoms with Crippen molar-refractivity contribution in [1.29, 1.82) is 0 Å². The van der Waals surface area contributed by atoms with Gasteiger partial charge in [0.25, 0.3) is 0 Å². The van der Waals surface area contributed by atoms with Crippen LogP contribution < -0.4 is 0 Å². The smallest absolute Gasteiger partial charge is 0.113 e. The summed E-state index contributed by atoms with van der Waals surface area (Å²) in [4.78, 5) is 4.34. The van der Waals surface area contributed by atoms with Crippen molar-refractivity contribution >= 4 is 32.5 Å². The molecule has 3 nitrogen and oxygen atoms in total. The van der Waals surface area contributed by atoms with Crippen molar-refractivity contribution in [3.05, 3.63) is 54.9 Å². The highest BCUT2D eigenvalue weighted by atomic mass is 32.1. The van der Waals surface area contributed by atoms with Gasteiger partial charge in [0.05, 0.1) is 4.70 Å². The molecule has 0 aliphatic heterocycles. The highest BCUT2D eigenvalue weighted by Crippen LogP contribution is 2.32. The van der Waals surface area contributed by atoms with E-state index in [4.69, 9.17) is 0 Å². The predicted octanol–water partition coefficient (Wildman–Crippen LogP) is 3.91. The lowest BCUT2D eigenvalue weighted by molar-refractivity contribution is 1.20. The summed E-state index contributed by atoms with van der Waals surface area (Å²) < 4.78 is 5.14. The highest BCUT2D eigenvalue weighted by molar-refractivity contribution is 7.13. The van der Waals surface area contributed by atoms with E-state index >= 15 is 0 Å². The summed E-state index contributed by atoms with van der Waals surface area (Å²) in [5, 5.41) is 6.57. The molecule has 0 atom stereocenters. The van der Waals surface area contributed by atoms with Crippen molar-refractivity contribution in [3.8, 4) is 11.1 Å². The molecule has 0 spiro atoms. The summed E-state index contributed by atoms with van der Waals surface area (Å²) in [6, 6.07) is 14.4. The fourth-order valence-electron chi connectivity index (χ4n) is 2.35. The molecule has 4 rings (SSSR count). The maximum Gasteiger partial charge on any atom is 0.113 e. The van der Waals surface area contributed by atoms with E-state index < -0.39 is 0 Å². The fraction of sp³-hybridized carbons (Fsp3) is 0. The largest absolute Gasteiger partial charge is 0.263 e. The second-order valence-corrected chi connectivity index (χ2v) is 5.12. The van der Waals surface area contributed by atoms with Crippen molar-refractivity contribution < 1.29 is 0 Å². The van der Waals surface area contributed by atoms with Crippen LogP contribution in [-0.4, -0.2) is 14.6 Å². The summed E-state index contributed by atoms with van der Waals surface area (Å²) in [6.45, 7) is 0. The number of nitrogens with zero attached hydrogens (tertiary/aromatic N) is 3. The maximum absolute atomic E-state index is 4.34. The standard InChI is InChI=1S/C15H9N3S/c1-2-5-11-10(4-1)8-16-9-13(11)12-6-3-7-14-15(12)17-18-19-14/h1-9H. The van der Waals surface area contributed by atoms with Gasteiger partial charge in [-0.15, -0.1) is 5.10 Å². The van der Waals surface area contributed by atoms with E-state index in [0.29, 0.717) is 0 Å². The zero-order valence-electron chi connectivity index (χ0n) is 9.95. The van der Waals surface area contributed by atoms with Gasteiger partial charge >= 0.3 is 0 Å². The average Bonchev–Trinajstić information content (AvgIpc) is 2.95. The van der Waals surface area contributed by atoms with Crippen molar-refractivity contribution in [2.75, 3.05) is 0 Å². The quantitative estimate of drug-likeness (QED) is 0.522. The number of pyridine rings is 1. The lowest BCUT2D eigenvalue weighted by Crippen LogP contribution is -1.85. The SMILES string of the molecule is c1ccc2c(-c3cccc4snnc34)cncc2c1. The van der Waals surface area contributed by atoms with E-state index in [1.807, 2.05) is 36.7 Å². The minimum atomic E-state index is 0.950. The number of fused-ring (bicyclic) bond motifs is 2. The van der Waals surface area contributed by atoms with Gasteiger partial charge in [-0.25, -0.2) is 0 Å². The molecule has 4 aromatic rings. The molecule has 19 heavy (non-hydrogen) atoms. The minimum absolute atomic E-state index is 0.950. The van der Waals surface area contributed by atoms with Crippen LogP contribution in [0.4, 0.5) is 0 Å². The monoisotopic (exact) mass is 263 g/mol. The van der Waals surface area contributed by atoms with Crippen molar-refractivity contribution in [2.45, 2.75) is 0 Å². The van der Waals surface area contributed by atoms with Gasteiger partial charge in [0.1, 0.15) is 5.52 Å². The van der Waals surface area contributed by atoms with Gasteiger partial charge in [-0.3, -0.25) is 4.98 Å². The second-order valence-electron chi connectivity index (χ2n) is 4.33. The summed E-state index contributed by atoms with van der Waals surface area (Å²) in [5.74, 6) is 0. The Balaban J connectivity index is 2.12. The van der Waals surface area contributed by atoms with Crippen LogP contribution in [0.5, 0.6) is 0 Å². The van der Waals surface area contributed by atoms with E-state index in [-0.39, 0.29) is 0 Å². The van der Waals surface area contributed by atoms with Gasteiger partial charge in [-0.1, -0.05) is 40.9 Å². The van der Waals surface area contributed by atoms with Gasteiger partial charge in [0, 0.05) is 28.9 Å². The zero-order chi connectivity index (χ0) is 12.7. The van der Waals surface area contributed by atoms with Crippen LogP contribution in [0.15, 0.2) is 54.9 Å². The molecule has 4 heteroatoms. The van der Waals surface area contributed by atoms with Crippen LogP contribution in [0.1, 0.15) is 0 Å². The second kappa shape index (κ2) is 4.10. The molecule has 90 valence electrons. The van der Waals surface area contributed by atoms with Crippen molar-refractivity contribution in [2.24, 2.45) is 0 Å². The molecule has 0 fully saturated rings. The van der Waals surface area contributed by atoms with Gasteiger partial charge in [-0.2, -0.15) is 0 Å². The van der Waals surface area contributed by atoms with Crippen LogP contribution in [0, 0.1) is 0 Å². The van der Waals surface area contributed by atoms with Crippen LogP contribution in [-0.2, 0) is 0 Å². The molecular formula is C15H9N3S. The summed E-state index contributed by atoms with van der Waals surface area (Å²) >= 11 is 1.42. The molecule has 2 aromatic heterocycles. The van der Waals surface area contributed by atoms with Crippen LogP contribution >= 0.6 is 11.5 Å². The van der Waals surface area contributed by atoms with Crippen molar-refractivity contribution in [3.63, 3.8) is 0 Å². The summed E-state index contributed by atoms with van der Waals surface area (Å²) in [5.41, 5.74) is 3.15. The minimum Gasteiger partial charge on any atom is -0.263 e. The first-order valence-corrected chi connectivity index (χ1v) is 6.75. The third-order valence-electron chi connectivity index (χ3n) is 3.24. The van der Waals surface area contributed by atoms with Gasteiger partial charge in [0.15, 0.2) is 0 Å². The Kier molecular flexibility index (Phi) is 2.28. The highest BCUT2D eigenvalue weighted by Gasteiger charge is 2.10. The topological polar surface area (TPSA) is 38.7 Å². The lowest BCUT2D eigenvalue weighted by atomic mass is 10.0. The lowest BCUT2D eigenvalue weighted by Gasteiger charge is -2.06. The number of hydrogen-bond acceptors (Lipinski definition) is 4. The van der Waals surface area contributed by atoms with E-state index in [1.54, 1.807) is 0 Å². The maximum atomic E-state index is 4.34. The Hall–Kier alpha value is -2.33. The number of aromatic nitrogens is 3. The third kappa shape index (κ3) is 1.61. The first-order valence-electron chi connectivity index (χ1n) is 5.98. The van der Waals surface area contributed by atoms with Crippen LogP contribution in [0.3, 0.4) is 0 Å². The molecule has 0 N–H and O–H groups in total. The Morgan fingerprint density at radius 2 is 1.79 bits per heavy atom.